The van der Waals surface area contributed by atoms with Crippen LogP contribution in [0.3, 0.4) is 0 Å². The number of benzene rings is 3. The van der Waals surface area contributed by atoms with Crippen molar-refractivity contribution in [2.24, 2.45) is 0 Å². The Balaban J connectivity index is 2.13. The molecule has 145 valence electrons. The Morgan fingerprint density at radius 3 is 1.75 bits per heavy atom. The van der Waals surface area contributed by atoms with Gasteiger partial charge in [0.15, 0.2) is 0 Å². The number of hydrogen-bond donors (Lipinski definition) is 1. The minimum absolute atomic E-state index is 0.551. The lowest BCUT2D eigenvalue weighted by Crippen LogP contribution is -2.29. The molecule has 0 fully saturated rings. The molecule has 3 aromatic rings. The molecule has 0 saturated heterocycles. The highest BCUT2D eigenvalue weighted by atomic mass is 16.5. The van der Waals surface area contributed by atoms with E-state index in [1.807, 2.05) is 72.8 Å². The molecule has 0 heterocycles. The third kappa shape index (κ3) is 3.97. The highest BCUT2D eigenvalue weighted by Crippen LogP contribution is 2.39. The van der Waals surface area contributed by atoms with Crippen molar-refractivity contribution in [2.45, 2.75) is 12.0 Å². The third-order valence-electron chi connectivity index (χ3n) is 4.66. The summed E-state index contributed by atoms with van der Waals surface area (Å²) in [5.41, 5.74) is 0.738. The van der Waals surface area contributed by atoms with Gasteiger partial charge in [0.25, 0.3) is 0 Å². The molecule has 0 aliphatic carbocycles. The van der Waals surface area contributed by atoms with E-state index in [1.165, 1.54) is 0 Å². The summed E-state index contributed by atoms with van der Waals surface area (Å²) in [5.74, 6) is 2.09. The normalized spacial score (nSPS) is 11.1. The molecule has 0 saturated carbocycles. The zero-order chi connectivity index (χ0) is 20.0. The first kappa shape index (κ1) is 19.8. The van der Waals surface area contributed by atoms with Crippen LogP contribution in [0.15, 0.2) is 72.8 Å². The lowest BCUT2D eigenvalue weighted by molar-refractivity contribution is 0.125. The average Bonchev–Trinajstić information content (AvgIpc) is 2.77. The van der Waals surface area contributed by atoms with E-state index in [0.29, 0.717) is 35.7 Å². The van der Waals surface area contributed by atoms with Crippen LogP contribution in [0.5, 0.6) is 17.2 Å². The maximum atomic E-state index is 12.0. The molecule has 0 unspecified atom stereocenters. The SMILES string of the molecule is [CH2]CCOc1ccc(C(O)(c2cccc(OC)c2)c2cccc(OC)c2)cc1. The number of hydrogen-bond acceptors (Lipinski definition) is 4. The second-order valence-electron chi connectivity index (χ2n) is 6.40. The highest BCUT2D eigenvalue weighted by Gasteiger charge is 2.34. The Hall–Kier alpha value is -2.98. The fraction of sp³-hybridized carbons (Fsp3) is 0.208. The molecule has 3 rings (SSSR count). The third-order valence-corrected chi connectivity index (χ3v) is 4.66. The standard InChI is InChI=1S/C24H25O4/c1-4-15-28-21-13-11-18(12-14-21)24(25,19-7-5-9-22(16-19)26-2)20-8-6-10-23(17-20)27-3/h5-14,16-17,25H,1,4,15H2,2-3H3. The molecule has 4 nitrogen and oxygen atoms in total. The van der Waals surface area contributed by atoms with Crippen LogP contribution < -0.4 is 14.2 Å². The van der Waals surface area contributed by atoms with Gasteiger partial charge in [-0.3, -0.25) is 0 Å². The van der Waals surface area contributed by atoms with Crippen LogP contribution in [0.1, 0.15) is 23.1 Å². The summed E-state index contributed by atoms with van der Waals surface area (Å²) >= 11 is 0. The Kier molecular flexibility index (Phi) is 6.22. The molecule has 0 spiro atoms. The van der Waals surface area contributed by atoms with Crippen molar-refractivity contribution in [3.8, 4) is 17.2 Å². The van der Waals surface area contributed by atoms with Crippen molar-refractivity contribution >= 4 is 0 Å². The predicted molar refractivity (Wildman–Crippen MR) is 110 cm³/mol. The molecule has 0 bridgehead atoms. The van der Waals surface area contributed by atoms with Crippen molar-refractivity contribution in [3.63, 3.8) is 0 Å². The van der Waals surface area contributed by atoms with Gasteiger partial charge >= 0.3 is 0 Å². The number of rotatable bonds is 8. The van der Waals surface area contributed by atoms with Gasteiger partial charge in [-0.25, -0.2) is 0 Å². The molecule has 0 aliphatic rings. The number of methoxy groups -OCH3 is 2. The highest BCUT2D eigenvalue weighted by molar-refractivity contribution is 5.51. The largest absolute Gasteiger partial charge is 0.497 e. The maximum absolute atomic E-state index is 12.0. The molecule has 4 heteroatoms. The van der Waals surface area contributed by atoms with Gasteiger partial charge < -0.3 is 19.3 Å². The Labute approximate surface area is 166 Å². The monoisotopic (exact) mass is 377 g/mol. The van der Waals surface area contributed by atoms with Crippen LogP contribution in [-0.4, -0.2) is 25.9 Å². The summed E-state index contributed by atoms with van der Waals surface area (Å²) in [6.45, 7) is 4.33. The van der Waals surface area contributed by atoms with Gasteiger partial charge in [0.1, 0.15) is 22.8 Å². The van der Waals surface area contributed by atoms with E-state index in [9.17, 15) is 5.11 Å². The molecule has 1 N–H and O–H groups in total. The molecule has 0 atom stereocenters. The summed E-state index contributed by atoms with van der Waals surface area (Å²) in [6, 6.07) is 22.3. The Morgan fingerprint density at radius 2 is 1.29 bits per heavy atom. The molecular weight excluding hydrogens is 352 g/mol. The summed E-state index contributed by atoms with van der Waals surface area (Å²) in [4.78, 5) is 0. The Morgan fingerprint density at radius 1 is 0.750 bits per heavy atom. The van der Waals surface area contributed by atoms with Gasteiger partial charge in [-0.15, -0.1) is 0 Å². The van der Waals surface area contributed by atoms with Crippen LogP contribution in [0.4, 0.5) is 0 Å². The molecule has 28 heavy (non-hydrogen) atoms. The Bertz CT molecular complexity index is 855. The van der Waals surface area contributed by atoms with Gasteiger partial charge in [0, 0.05) is 0 Å². The number of ether oxygens (including phenoxy) is 3. The van der Waals surface area contributed by atoms with Crippen molar-refractivity contribution < 1.29 is 19.3 Å². The lowest BCUT2D eigenvalue weighted by atomic mass is 9.80. The fourth-order valence-corrected chi connectivity index (χ4v) is 3.18. The van der Waals surface area contributed by atoms with Gasteiger partial charge in [0.05, 0.1) is 20.8 Å². The summed E-state index contributed by atoms with van der Waals surface area (Å²) in [6.07, 6.45) is 0.694. The lowest BCUT2D eigenvalue weighted by Gasteiger charge is -2.30. The van der Waals surface area contributed by atoms with Crippen LogP contribution in [0, 0.1) is 6.92 Å². The topological polar surface area (TPSA) is 47.9 Å². The zero-order valence-electron chi connectivity index (χ0n) is 16.2. The molecule has 0 aromatic heterocycles. The second-order valence-corrected chi connectivity index (χ2v) is 6.40. The van der Waals surface area contributed by atoms with Gasteiger partial charge in [-0.05, 0) is 66.4 Å². The van der Waals surface area contributed by atoms with E-state index in [-0.39, 0.29) is 0 Å². The van der Waals surface area contributed by atoms with Gasteiger partial charge in [0.2, 0.25) is 0 Å². The van der Waals surface area contributed by atoms with Crippen LogP contribution in [-0.2, 0) is 5.60 Å². The molecule has 3 aromatic carbocycles. The van der Waals surface area contributed by atoms with Crippen LogP contribution >= 0.6 is 0 Å². The van der Waals surface area contributed by atoms with E-state index in [0.717, 1.165) is 11.3 Å². The van der Waals surface area contributed by atoms with Crippen molar-refractivity contribution in [1.82, 2.24) is 0 Å². The smallest absolute Gasteiger partial charge is 0.140 e. The predicted octanol–water partition coefficient (Wildman–Crippen LogP) is 4.59. The van der Waals surface area contributed by atoms with Crippen molar-refractivity contribution in [2.75, 3.05) is 20.8 Å². The quantitative estimate of drug-likeness (QED) is 0.583. The van der Waals surface area contributed by atoms with Gasteiger partial charge in [-0.1, -0.05) is 36.4 Å². The summed E-state index contributed by atoms with van der Waals surface area (Å²) < 4.78 is 16.4. The first-order chi connectivity index (χ1) is 13.6. The minimum atomic E-state index is -1.38. The molecule has 1 radical (unpaired) electrons. The van der Waals surface area contributed by atoms with Crippen molar-refractivity contribution in [3.05, 3.63) is 96.4 Å². The van der Waals surface area contributed by atoms with E-state index in [2.05, 4.69) is 6.92 Å². The van der Waals surface area contributed by atoms with E-state index in [1.54, 1.807) is 14.2 Å². The number of aliphatic hydroxyl groups is 1. The van der Waals surface area contributed by atoms with Crippen molar-refractivity contribution in [1.29, 1.82) is 0 Å². The maximum Gasteiger partial charge on any atom is 0.140 e. The fourth-order valence-electron chi connectivity index (χ4n) is 3.18. The van der Waals surface area contributed by atoms with E-state index >= 15 is 0 Å². The first-order valence-electron chi connectivity index (χ1n) is 9.16. The average molecular weight is 377 g/mol. The van der Waals surface area contributed by atoms with E-state index < -0.39 is 5.60 Å². The van der Waals surface area contributed by atoms with Gasteiger partial charge in [-0.2, -0.15) is 0 Å². The van der Waals surface area contributed by atoms with Crippen LogP contribution in [0.2, 0.25) is 0 Å². The van der Waals surface area contributed by atoms with Crippen LogP contribution in [0.25, 0.3) is 0 Å². The molecular formula is C24H25O4. The second kappa shape index (κ2) is 8.81. The zero-order valence-corrected chi connectivity index (χ0v) is 16.2. The summed E-state index contributed by atoms with van der Waals surface area (Å²) in [7, 11) is 3.22. The molecule has 0 amide bonds. The summed E-state index contributed by atoms with van der Waals surface area (Å²) in [5, 5.41) is 12.0. The first-order valence-corrected chi connectivity index (χ1v) is 9.16. The minimum Gasteiger partial charge on any atom is -0.497 e. The molecule has 0 aliphatic heterocycles. The van der Waals surface area contributed by atoms with E-state index in [4.69, 9.17) is 14.2 Å².